The first-order valence-corrected chi connectivity index (χ1v) is 14.0. The largest absolute Gasteiger partial charge is 0.493 e. The van der Waals surface area contributed by atoms with Crippen molar-refractivity contribution < 1.29 is 18.9 Å². The second-order valence-corrected chi connectivity index (χ2v) is 10.1. The first-order chi connectivity index (χ1) is 19.1. The minimum absolute atomic E-state index is 0.0404. The van der Waals surface area contributed by atoms with E-state index >= 15 is 0 Å². The van der Waals surface area contributed by atoms with Crippen LogP contribution in [0.15, 0.2) is 41.2 Å². The maximum atomic E-state index is 14.2. The predicted molar refractivity (Wildman–Crippen MR) is 157 cm³/mol. The summed E-state index contributed by atoms with van der Waals surface area (Å²) in [5.74, 6) is 2.58. The van der Waals surface area contributed by atoms with Crippen molar-refractivity contribution in [1.29, 1.82) is 0 Å². The van der Waals surface area contributed by atoms with Gasteiger partial charge in [-0.05, 0) is 68.5 Å². The van der Waals surface area contributed by atoms with Gasteiger partial charge in [-0.3, -0.25) is 4.79 Å². The zero-order valence-electron chi connectivity index (χ0n) is 23.3. The molecule has 1 aliphatic heterocycles. The van der Waals surface area contributed by atoms with Crippen LogP contribution in [-0.2, 0) is 6.54 Å². The molecule has 0 saturated heterocycles. The van der Waals surface area contributed by atoms with Gasteiger partial charge in [-0.25, -0.2) is 0 Å². The van der Waals surface area contributed by atoms with Crippen LogP contribution in [-0.4, -0.2) is 56.2 Å². The molecular weight excluding hydrogens is 494 g/mol. The first kappa shape index (κ1) is 27.1. The molecule has 5 rings (SSSR count). The monoisotopic (exact) mass is 533 g/mol. The molecule has 1 aliphatic rings. The SMILES string of the molecule is CCCCN(CCC)CCn1c(=O)c2cc(OC)c(OCCCN)cc2c2ccc3cc4c(cc3c21)OCO4. The number of pyridine rings is 1. The molecule has 0 bridgehead atoms. The van der Waals surface area contributed by atoms with Crippen LogP contribution in [0, 0.1) is 0 Å². The summed E-state index contributed by atoms with van der Waals surface area (Å²) in [6.07, 6.45) is 4.09. The molecule has 0 fully saturated rings. The van der Waals surface area contributed by atoms with Gasteiger partial charge in [-0.2, -0.15) is 0 Å². The van der Waals surface area contributed by atoms with Gasteiger partial charge in [0.2, 0.25) is 6.79 Å². The molecular formula is C31H39N3O5. The van der Waals surface area contributed by atoms with E-state index < -0.39 is 0 Å². The van der Waals surface area contributed by atoms with Crippen molar-refractivity contribution in [3.63, 3.8) is 0 Å². The molecule has 0 spiro atoms. The zero-order chi connectivity index (χ0) is 27.4. The van der Waals surface area contributed by atoms with E-state index in [1.54, 1.807) is 7.11 Å². The molecule has 3 aromatic carbocycles. The van der Waals surface area contributed by atoms with E-state index in [2.05, 4.69) is 30.9 Å². The van der Waals surface area contributed by atoms with Gasteiger partial charge in [0.05, 0.1) is 24.6 Å². The van der Waals surface area contributed by atoms with Gasteiger partial charge < -0.3 is 34.1 Å². The van der Waals surface area contributed by atoms with Crippen LogP contribution in [0.25, 0.3) is 32.4 Å². The minimum Gasteiger partial charge on any atom is -0.493 e. The third-order valence-corrected chi connectivity index (χ3v) is 7.44. The van der Waals surface area contributed by atoms with Crippen molar-refractivity contribution in [3.8, 4) is 23.0 Å². The number of hydrogen-bond donors (Lipinski definition) is 1. The summed E-state index contributed by atoms with van der Waals surface area (Å²) in [6, 6.07) is 11.9. The van der Waals surface area contributed by atoms with Crippen molar-refractivity contribution in [2.24, 2.45) is 5.73 Å². The van der Waals surface area contributed by atoms with Gasteiger partial charge in [0, 0.05) is 29.2 Å². The maximum absolute atomic E-state index is 14.2. The van der Waals surface area contributed by atoms with E-state index in [1.807, 2.05) is 28.8 Å². The summed E-state index contributed by atoms with van der Waals surface area (Å²) in [4.78, 5) is 16.7. The van der Waals surface area contributed by atoms with Crippen LogP contribution < -0.4 is 30.2 Å². The lowest BCUT2D eigenvalue weighted by Crippen LogP contribution is -2.32. The van der Waals surface area contributed by atoms with Gasteiger partial charge in [0.25, 0.3) is 5.56 Å². The van der Waals surface area contributed by atoms with Crippen LogP contribution in [0.5, 0.6) is 23.0 Å². The van der Waals surface area contributed by atoms with Crippen molar-refractivity contribution >= 4 is 32.4 Å². The summed E-state index contributed by atoms with van der Waals surface area (Å²) in [5, 5.41) is 4.40. The molecule has 208 valence electrons. The number of nitrogens with zero attached hydrogens (tertiary/aromatic N) is 2. The number of unbranched alkanes of at least 4 members (excludes halogenated alkanes) is 1. The van der Waals surface area contributed by atoms with Crippen molar-refractivity contribution in [1.82, 2.24) is 9.47 Å². The number of methoxy groups -OCH3 is 1. The van der Waals surface area contributed by atoms with Crippen molar-refractivity contribution in [3.05, 3.63) is 46.8 Å². The number of benzene rings is 3. The number of aromatic nitrogens is 1. The standard InChI is InChI=1S/C31H39N3O5/c1-4-6-12-33(11-5-2)13-14-34-30-22(9-8-21-16-27-29(17-23(21)30)39-20-38-27)24-18-28(37-15-7-10-32)26(36-3)19-25(24)31(34)35/h8-9,16-19H,4-7,10-15,20,32H2,1-3H3. The van der Waals surface area contributed by atoms with Crippen LogP contribution in [0.1, 0.15) is 39.5 Å². The van der Waals surface area contributed by atoms with E-state index in [-0.39, 0.29) is 12.4 Å². The molecule has 4 aromatic rings. The lowest BCUT2D eigenvalue weighted by atomic mass is 9.99. The molecule has 2 N–H and O–H groups in total. The minimum atomic E-state index is -0.0404. The number of hydrogen-bond acceptors (Lipinski definition) is 7. The Morgan fingerprint density at radius 2 is 1.69 bits per heavy atom. The second kappa shape index (κ2) is 12.1. The van der Waals surface area contributed by atoms with Crippen molar-refractivity contribution in [2.75, 3.05) is 46.7 Å². The van der Waals surface area contributed by atoms with Gasteiger partial charge in [-0.15, -0.1) is 0 Å². The number of nitrogens with two attached hydrogens (primary N) is 1. The van der Waals surface area contributed by atoms with E-state index in [4.69, 9.17) is 24.7 Å². The van der Waals surface area contributed by atoms with Crippen LogP contribution in [0.4, 0.5) is 0 Å². The van der Waals surface area contributed by atoms with Gasteiger partial charge in [0.1, 0.15) is 0 Å². The molecule has 2 heterocycles. The maximum Gasteiger partial charge on any atom is 0.259 e. The van der Waals surface area contributed by atoms with Crippen LogP contribution >= 0.6 is 0 Å². The second-order valence-electron chi connectivity index (χ2n) is 10.1. The fraction of sp³-hybridized carbons (Fsp3) is 0.452. The molecule has 39 heavy (non-hydrogen) atoms. The normalized spacial score (nSPS) is 12.7. The van der Waals surface area contributed by atoms with Gasteiger partial charge in [0.15, 0.2) is 23.0 Å². The lowest BCUT2D eigenvalue weighted by Gasteiger charge is -2.23. The Labute approximate surface area is 229 Å². The molecule has 1 aromatic heterocycles. The molecule has 0 aliphatic carbocycles. The van der Waals surface area contributed by atoms with Gasteiger partial charge >= 0.3 is 0 Å². The third-order valence-electron chi connectivity index (χ3n) is 7.44. The Morgan fingerprint density at radius 3 is 2.44 bits per heavy atom. The van der Waals surface area contributed by atoms with E-state index in [1.165, 1.54) is 0 Å². The molecule has 0 radical (unpaired) electrons. The molecule has 0 saturated carbocycles. The predicted octanol–water partition coefficient (Wildman–Crippen LogP) is 5.28. The Balaban J connectivity index is 1.73. The molecule has 0 amide bonds. The van der Waals surface area contributed by atoms with E-state index in [9.17, 15) is 4.79 Å². The molecule has 0 atom stereocenters. The van der Waals surface area contributed by atoms with E-state index in [0.29, 0.717) is 42.3 Å². The Morgan fingerprint density at radius 1 is 0.897 bits per heavy atom. The number of ether oxygens (including phenoxy) is 4. The summed E-state index contributed by atoms with van der Waals surface area (Å²) in [7, 11) is 1.60. The molecule has 8 heteroatoms. The topological polar surface area (TPSA) is 88.2 Å². The Kier molecular flexibility index (Phi) is 8.43. The average Bonchev–Trinajstić information content (AvgIpc) is 3.41. The average molecular weight is 534 g/mol. The number of rotatable bonds is 13. The smallest absolute Gasteiger partial charge is 0.259 e. The fourth-order valence-electron chi connectivity index (χ4n) is 5.44. The zero-order valence-corrected chi connectivity index (χ0v) is 23.3. The first-order valence-electron chi connectivity index (χ1n) is 14.0. The lowest BCUT2D eigenvalue weighted by molar-refractivity contribution is 0.174. The van der Waals surface area contributed by atoms with Crippen LogP contribution in [0.3, 0.4) is 0 Å². The summed E-state index contributed by atoms with van der Waals surface area (Å²) in [5.41, 5.74) is 6.53. The highest BCUT2D eigenvalue weighted by Gasteiger charge is 2.21. The van der Waals surface area contributed by atoms with Crippen LogP contribution in [0.2, 0.25) is 0 Å². The highest BCUT2D eigenvalue weighted by atomic mass is 16.7. The summed E-state index contributed by atoms with van der Waals surface area (Å²) in [6.45, 7) is 9.05. The number of fused-ring (bicyclic) bond motifs is 6. The third kappa shape index (κ3) is 5.36. The Bertz CT molecular complexity index is 1530. The molecule has 0 unspecified atom stereocenters. The van der Waals surface area contributed by atoms with Crippen molar-refractivity contribution in [2.45, 2.75) is 46.1 Å². The highest BCUT2D eigenvalue weighted by Crippen LogP contribution is 2.41. The van der Waals surface area contributed by atoms with Gasteiger partial charge in [-0.1, -0.05) is 32.4 Å². The Hall–Kier alpha value is -3.49. The fourth-order valence-corrected chi connectivity index (χ4v) is 5.44. The highest BCUT2D eigenvalue weighted by molar-refractivity contribution is 6.16. The quantitative estimate of drug-likeness (QED) is 0.185. The summed E-state index contributed by atoms with van der Waals surface area (Å²) < 4.78 is 25.0. The van der Waals surface area contributed by atoms with E-state index in [0.717, 1.165) is 78.1 Å². The summed E-state index contributed by atoms with van der Waals surface area (Å²) >= 11 is 0. The molecule has 8 nitrogen and oxygen atoms in total.